The second kappa shape index (κ2) is 5.39. The highest BCUT2D eigenvalue weighted by molar-refractivity contribution is 5.99. The van der Waals surface area contributed by atoms with E-state index in [4.69, 9.17) is 0 Å². The van der Waals surface area contributed by atoms with Crippen molar-refractivity contribution in [2.24, 2.45) is 13.0 Å². The van der Waals surface area contributed by atoms with E-state index in [1.54, 1.807) is 24.9 Å². The van der Waals surface area contributed by atoms with Gasteiger partial charge in [0, 0.05) is 19.5 Å². The van der Waals surface area contributed by atoms with Crippen LogP contribution in [0.1, 0.15) is 36.8 Å². The normalized spacial score (nSPS) is 11.0. The van der Waals surface area contributed by atoms with Gasteiger partial charge in [-0.25, -0.2) is 0 Å². The van der Waals surface area contributed by atoms with Crippen molar-refractivity contribution in [3.63, 3.8) is 0 Å². The van der Waals surface area contributed by atoms with Crippen molar-refractivity contribution in [1.29, 1.82) is 0 Å². The van der Waals surface area contributed by atoms with E-state index in [1.165, 1.54) is 5.56 Å². The van der Waals surface area contributed by atoms with Crippen LogP contribution in [-0.4, -0.2) is 15.6 Å². The van der Waals surface area contributed by atoms with Crippen molar-refractivity contribution in [1.82, 2.24) is 9.78 Å². The average Bonchev–Trinajstić information content (AvgIpc) is 2.71. The molecule has 0 unspecified atom stereocenters. The lowest BCUT2D eigenvalue weighted by atomic mass is 9.99. The summed E-state index contributed by atoms with van der Waals surface area (Å²) >= 11 is 0. The highest BCUT2D eigenvalue weighted by Gasteiger charge is 2.14. The molecule has 3 nitrogen and oxygen atoms in total. The van der Waals surface area contributed by atoms with Crippen LogP contribution in [0.3, 0.4) is 0 Å². The van der Waals surface area contributed by atoms with Gasteiger partial charge in [0.05, 0.1) is 6.20 Å². The van der Waals surface area contributed by atoms with Crippen LogP contribution in [0.2, 0.25) is 0 Å². The number of carbonyl (C=O) groups excluding carboxylic acids is 1. The minimum absolute atomic E-state index is 0.0428. The van der Waals surface area contributed by atoms with Crippen LogP contribution < -0.4 is 0 Å². The molecule has 0 saturated heterocycles. The molecular formula is C16H20N2O. The Balaban J connectivity index is 2.35. The maximum atomic E-state index is 11.7. The molecule has 0 amide bonds. The summed E-state index contributed by atoms with van der Waals surface area (Å²) in [5, 5.41) is 4.18. The standard InChI is InChI=1S/C16H20N2O/c1-11(2)9-13-5-7-14(8-6-13)15-10-17-18(4)16(15)12(3)19/h5-8,10-11H,9H2,1-4H3. The molecule has 0 spiro atoms. The van der Waals surface area contributed by atoms with E-state index in [9.17, 15) is 4.79 Å². The summed E-state index contributed by atoms with van der Waals surface area (Å²) < 4.78 is 1.64. The summed E-state index contributed by atoms with van der Waals surface area (Å²) in [7, 11) is 1.80. The molecule has 19 heavy (non-hydrogen) atoms. The second-order valence-electron chi connectivity index (χ2n) is 5.38. The van der Waals surface area contributed by atoms with Gasteiger partial charge in [-0.1, -0.05) is 38.1 Å². The van der Waals surface area contributed by atoms with E-state index in [-0.39, 0.29) is 5.78 Å². The number of benzene rings is 1. The smallest absolute Gasteiger partial charge is 0.178 e. The summed E-state index contributed by atoms with van der Waals surface area (Å²) in [6.45, 7) is 6.00. The van der Waals surface area contributed by atoms with Crippen LogP contribution in [0.25, 0.3) is 11.1 Å². The van der Waals surface area contributed by atoms with Crippen molar-refractivity contribution in [2.45, 2.75) is 27.2 Å². The topological polar surface area (TPSA) is 34.9 Å². The molecule has 0 fully saturated rings. The monoisotopic (exact) mass is 256 g/mol. The highest BCUT2D eigenvalue weighted by atomic mass is 16.1. The third-order valence-corrected chi connectivity index (χ3v) is 3.18. The molecule has 1 aromatic heterocycles. The van der Waals surface area contributed by atoms with Gasteiger partial charge in [0.15, 0.2) is 5.78 Å². The Hall–Kier alpha value is -1.90. The van der Waals surface area contributed by atoms with Crippen LogP contribution in [0, 0.1) is 5.92 Å². The molecule has 0 saturated carbocycles. The lowest BCUT2D eigenvalue weighted by Gasteiger charge is -2.07. The van der Waals surface area contributed by atoms with Crippen molar-refractivity contribution < 1.29 is 4.79 Å². The first-order valence-electron chi connectivity index (χ1n) is 6.61. The van der Waals surface area contributed by atoms with E-state index in [2.05, 4.69) is 43.2 Å². The van der Waals surface area contributed by atoms with Crippen LogP contribution in [0.4, 0.5) is 0 Å². The predicted molar refractivity (Wildman–Crippen MR) is 77.2 cm³/mol. The van der Waals surface area contributed by atoms with Crippen molar-refractivity contribution in [3.8, 4) is 11.1 Å². The van der Waals surface area contributed by atoms with Crippen molar-refractivity contribution >= 4 is 5.78 Å². The number of nitrogens with zero attached hydrogens (tertiary/aromatic N) is 2. The molecule has 0 atom stereocenters. The molecule has 0 bridgehead atoms. The van der Waals surface area contributed by atoms with Gasteiger partial charge < -0.3 is 0 Å². The summed E-state index contributed by atoms with van der Waals surface area (Å²) in [5.41, 5.74) is 3.94. The van der Waals surface area contributed by atoms with Gasteiger partial charge in [-0.2, -0.15) is 5.10 Å². The SMILES string of the molecule is CC(=O)c1c(-c2ccc(CC(C)C)cc2)cnn1C. The van der Waals surface area contributed by atoms with Gasteiger partial charge in [-0.15, -0.1) is 0 Å². The van der Waals surface area contributed by atoms with E-state index in [1.807, 2.05) is 0 Å². The Morgan fingerprint density at radius 1 is 1.26 bits per heavy atom. The molecule has 0 aliphatic heterocycles. The zero-order valence-electron chi connectivity index (χ0n) is 12.0. The summed E-state index contributed by atoms with van der Waals surface area (Å²) in [5.74, 6) is 0.693. The predicted octanol–water partition coefficient (Wildman–Crippen LogP) is 3.49. The summed E-state index contributed by atoms with van der Waals surface area (Å²) in [6, 6.07) is 8.40. The lowest BCUT2D eigenvalue weighted by molar-refractivity contribution is 0.100. The van der Waals surface area contributed by atoms with E-state index in [0.29, 0.717) is 11.6 Å². The van der Waals surface area contributed by atoms with Crippen LogP contribution in [-0.2, 0) is 13.5 Å². The number of Topliss-reactive ketones (excluding diaryl/α,β-unsaturated/α-hetero) is 1. The van der Waals surface area contributed by atoms with E-state index < -0.39 is 0 Å². The zero-order chi connectivity index (χ0) is 14.0. The molecule has 2 aromatic rings. The first kappa shape index (κ1) is 13.5. The lowest BCUT2D eigenvalue weighted by Crippen LogP contribution is -2.04. The zero-order valence-corrected chi connectivity index (χ0v) is 12.0. The maximum Gasteiger partial charge on any atom is 0.178 e. The maximum absolute atomic E-state index is 11.7. The molecule has 2 rings (SSSR count). The molecule has 3 heteroatoms. The Bertz CT molecular complexity index is 579. The number of ketones is 1. The second-order valence-corrected chi connectivity index (χ2v) is 5.38. The Kier molecular flexibility index (Phi) is 3.84. The molecule has 100 valence electrons. The Morgan fingerprint density at radius 2 is 1.89 bits per heavy atom. The molecule has 0 N–H and O–H groups in total. The van der Waals surface area contributed by atoms with E-state index in [0.717, 1.165) is 17.5 Å². The summed E-state index contributed by atoms with van der Waals surface area (Å²) in [6.07, 6.45) is 2.83. The van der Waals surface area contributed by atoms with E-state index >= 15 is 0 Å². The van der Waals surface area contributed by atoms with Crippen molar-refractivity contribution in [3.05, 3.63) is 41.7 Å². The number of carbonyl (C=O) groups is 1. The van der Waals surface area contributed by atoms with Crippen LogP contribution in [0.5, 0.6) is 0 Å². The fourth-order valence-corrected chi connectivity index (χ4v) is 2.36. The summed E-state index contributed by atoms with van der Waals surface area (Å²) in [4.78, 5) is 11.7. The molecule has 1 heterocycles. The minimum atomic E-state index is 0.0428. The fraction of sp³-hybridized carbons (Fsp3) is 0.375. The van der Waals surface area contributed by atoms with Gasteiger partial charge in [-0.3, -0.25) is 9.48 Å². The number of aromatic nitrogens is 2. The van der Waals surface area contributed by atoms with Gasteiger partial charge in [0.25, 0.3) is 0 Å². The number of rotatable bonds is 4. The number of hydrogen-bond donors (Lipinski definition) is 0. The minimum Gasteiger partial charge on any atom is -0.293 e. The average molecular weight is 256 g/mol. The van der Waals surface area contributed by atoms with Gasteiger partial charge in [-0.05, 0) is 23.5 Å². The largest absolute Gasteiger partial charge is 0.293 e. The van der Waals surface area contributed by atoms with Gasteiger partial charge >= 0.3 is 0 Å². The van der Waals surface area contributed by atoms with Crippen LogP contribution >= 0.6 is 0 Å². The Morgan fingerprint density at radius 3 is 2.42 bits per heavy atom. The first-order valence-corrected chi connectivity index (χ1v) is 6.61. The quantitative estimate of drug-likeness (QED) is 0.785. The molecular weight excluding hydrogens is 236 g/mol. The highest BCUT2D eigenvalue weighted by Crippen LogP contribution is 2.24. The first-order chi connectivity index (χ1) is 8.99. The molecule has 0 aliphatic rings. The number of hydrogen-bond acceptors (Lipinski definition) is 2. The van der Waals surface area contributed by atoms with Crippen molar-refractivity contribution in [2.75, 3.05) is 0 Å². The third-order valence-electron chi connectivity index (χ3n) is 3.18. The fourth-order valence-electron chi connectivity index (χ4n) is 2.36. The molecule has 1 aromatic carbocycles. The Labute approximate surface area is 114 Å². The van der Waals surface area contributed by atoms with Gasteiger partial charge in [0.1, 0.15) is 5.69 Å². The third kappa shape index (κ3) is 2.92. The molecule has 0 radical (unpaired) electrons. The number of aryl methyl sites for hydroxylation is 1. The van der Waals surface area contributed by atoms with Gasteiger partial charge in [0.2, 0.25) is 0 Å². The van der Waals surface area contributed by atoms with Crippen LogP contribution in [0.15, 0.2) is 30.5 Å². The molecule has 0 aliphatic carbocycles.